The van der Waals surface area contributed by atoms with Crippen molar-refractivity contribution in [3.8, 4) is 0 Å². The molecule has 0 saturated carbocycles. The molecule has 82 valence electrons. The summed E-state index contributed by atoms with van der Waals surface area (Å²) < 4.78 is 0. The maximum absolute atomic E-state index is 5.77. The highest BCUT2D eigenvalue weighted by Gasteiger charge is 2.19. The largest absolute Gasteiger partial charge is 0.399 e. The molecule has 1 heterocycles. The van der Waals surface area contributed by atoms with Gasteiger partial charge in [-0.2, -0.15) is 0 Å². The van der Waals surface area contributed by atoms with Crippen LogP contribution in [0.3, 0.4) is 0 Å². The summed E-state index contributed by atoms with van der Waals surface area (Å²) in [5, 5.41) is 0. The zero-order valence-electron chi connectivity index (χ0n) is 9.66. The number of piperidine rings is 1. The highest BCUT2D eigenvalue weighted by atomic mass is 15.2. The zero-order chi connectivity index (χ0) is 10.8. The second-order valence-electron chi connectivity index (χ2n) is 4.58. The second-order valence-corrected chi connectivity index (χ2v) is 4.58. The number of aryl methyl sites for hydroxylation is 1. The Bertz CT molecular complexity index is 346. The predicted molar refractivity (Wildman–Crippen MR) is 66.3 cm³/mol. The van der Waals surface area contributed by atoms with Gasteiger partial charge in [0.15, 0.2) is 0 Å². The Morgan fingerprint density at radius 2 is 2.13 bits per heavy atom. The number of benzene rings is 1. The molecule has 2 nitrogen and oxygen atoms in total. The van der Waals surface area contributed by atoms with Gasteiger partial charge in [0, 0.05) is 24.0 Å². The highest BCUT2D eigenvalue weighted by molar-refractivity contribution is 5.59. The lowest BCUT2D eigenvalue weighted by Crippen LogP contribution is -2.37. The maximum Gasteiger partial charge on any atom is 0.0399 e. The molecule has 2 N–H and O–H groups in total. The summed E-state index contributed by atoms with van der Waals surface area (Å²) in [5.74, 6) is 0. The van der Waals surface area contributed by atoms with Crippen molar-refractivity contribution in [2.24, 2.45) is 0 Å². The van der Waals surface area contributed by atoms with Crippen molar-refractivity contribution in [2.45, 2.75) is 39.2 Å². The summed E-state index contributed by atoms with van der Waals surface area (Å²) in [7, 11) is 0. The predicted octanol–water partition coefficient (Wildman–Crippen LogP) is 2.96. The van der Waals surface area contributed by atoms with Gasteiger partial charge in [0.25, 0.3) is 0 Å². The number of nitrogens with zero attached hydrogens (tertiary/aromatic N) is 1. The van der Waals surface area contributed by atoms with Crippen LogP contribution in [0.15, 0.2) is 18.2 Å². The molecular formula is C13H20N2. The minimum absolute atomic E-state index is 0.668. The molecule has 15 heavy (non-hydrogen) atoms. The van der Waals surface area contributed by atoms with Crippen LogP contribution in [0.25, 0.3) is 0 Å². The molecule has 1 atom stereocenters. The second kappa shape index (κ2) is 4.13. The molecule has 2 heteroatoms. The minimum Gasteiger partial charge on any atom is -0.399 e. The van der Waals surface area contributed by atoms with E-state index in [-0.39, 0.29) is 0 Å². The van der Waals surface area contributed by atoms with Gasteiger partial charge in [0.2, 0.25) is 0 Å². The van der Waals surface area contributed by atoms with Crippen molar-refractivity contribution in [2.75, 3.05) is 17.2 Å². The van der Waals surface area contributed by atoms with Crippen molar-refractivity contribution >= 4 is 11.4 Å². The maximum atomic E-state index is 5.77. The van der Waals surface area contributed by atoms with Crippen LogP contribution in [-0.2, 0) is 0 Å². The van der Waals surface area contributed by atoms with Gasteiger partial charge in [-0.3, -0.25) is 0 Å². The number of nitrogens with two attached hydrogens (primary N) is 1. The van der Waals surface area contributed by atoms with Gasteiger partial charge in [-0.05, 0) is 56.9 Å². The fraction of sp³-hybridized carbons (Fsp3) is 0.538. The van der Waals surface area contributed by atoms with E-state index < -0.39 is 0 Å². The van der Waals surface area contributed by atoms with E-state index >= 15 is 0 Å². The first kappa shape index (κ1) is 10.3. The first-order chi connectivity index (χ1) is 7.18. The van der Waals surface area contributed by atoms with Gasteiger partial charge >= 0.3 is 0 Å². The van der Waals surface area contributed by atoms with Gasteiger partial charge in [0.1, 0.15) is 0 Å². The molecular weight excluding hydrogens is 184 g/mol. The van der Waals surface area contributed by atoms with Crippen molar-refractivity contribution in [3.05, 3.63) is 23.8 Å². The molecule has 1 aromatic rings. The molecule has 1 fully saturated rings. The van der Waals surface area contributed by atoms with E-state index in [2.05, 4.69) is 30.9 Å². The third-order valence-electron chi connectivity index (χ3n) is 3.33. The van der Waals surface area contributed by atoms with Crippen molar-refractivity contribution < 1.29 is 0 Å². The van der Waals surface area contributed by atoms with Gasteiger partial charge in [-0.1, -0.05) is 0 Å². The SMILES string of the molecule is Cc1cc(N)ccc1N1CCCCC1C. The van der Waals surface area contributed by atoms with E-state index in [1.54, 1.807) is 0 Å². The lowest BCUT2D eigenvalue weighted by Gasteiger charge is -2.36. The summed E-state index contributed by atoms with van der Waals surface area (Å²) in [6, 6.07) is 6.90. The molecule has 1 unspecified atom stereocenters. The lowest BCUT2D eigenvalue weighted by atomic mass is 10.0. The topological polar surface area (TPSA) is 29.3 Å². The fourth-order valence-corrected chi connectivity index (χ4v) is 2.46. The Morgan fingerprint density at radius 1 is 1.33 bits per heavy atom. The summed E-state index contributed by atoms with van der Waals surface area (Å²) in [6.45, 7) is 5.65. The molecule has 0 bridgehead atoms. The molecule has 2 rings (SSSR count). The normalized spacial score (nSPS) is 21.7. The Hall–Kier alpha value is -1.18. The van der Waals surface area contributed by atoms with Gasteiger partial charge in [0.05, 0.1) is 0 Å². The van der Waals surface area contributed by atoms with Gasteiger partial charge in [-0.25, -0.2) is 0 Å². The number of nitrogen functional groups attached to an aromatic ring is 1. The summed E-state index contributed by atoms with van der Waals surface area (Å²) in [4.78, 5) is 2.51. The molecule has 0 aromatic heterocycles. The van der Waals surface area contributed by atoms with Crippen LogP contribution in [0.1, 0.15) is 31.7 Å². The Morgan fingerprint density at radius 3 is 2.80 bits per heavy atom. The number of hydrogen-bond donors (Lipinski definition) is 1. The average Bonchev–Trinajstić information content (AvgIpc) is 2.20. The molecule has 1 aromatic carbocycles. The van der Waals surface area contributed by atoms with Crippen LogP contribution in [0.5, 0.6) is 0 Å². The smallest absolute Gasteiger partial charge is 0.0399 e. The van der Waals surface area contributed by atoms with Crippen LogP contribution in [-0.4, -0.2) is 12.6 Å². The molecule has 0 aliphatic carbocycles. The van der Waals surface area contributed by atoms with Crippen molar-refractivity contribution in [1.82, 2.24) is 0 Å². The molecule has 1 saturated heterocycles. The monoisotopic (exact) mass is 204 g/mol. The van der Waals surface area contributed by atoms with E-state index in [1.165, 1.54) is 37.1 Å². The molecule has 1 aliphatic heterocycles. The first-order valence-corrected chi connectivity index (χ1v) is 5.81. The molecule has 0 amide bonds. The lowest BCUT2D eigenvalue weighted by molar-refractivity contribution is 0.484. The Balaban J connectivity index is 2.27. The van der Waals surface area contributed by atoms with Crippen LogP contribution >= 0.6 is 0 Å². The van der Waals surface area contributed by atoms with E-state index in [0.717, 1.165) is 5.69 Å². The van der Waals surface area contributed by atoms with Crippen LogP contribution in [0.2, 0.25) is 0 Å². The minimum atomic E-state index is 0.668. The van der Waals surface area contributed by atoms with E-state index in [1.807, 2.05) is 6.07 Å². The standard InChI is InChI=1S/C13H20N2/c1-10-9-12(14)6-7-13(10)15-8-4-3-5-11(15)2/h6-7,9,11H,3-5,8,14H2,1-2H3. The van der Waals surface area contributed by atoms with Gasteiger partial charge < -0.3 is 10.6 Å². The third kappa shape index (κ3) is 2.09. The van der Waals surface area contributed by atoms with E-state index in [4.69, 9.17) is 5.73 Å². The molecule has 1 aliphatic rings. The highest BCUT2D eigenvalue weighted by Crippen LogP contribution is 2.28. The molecule has 0 radical (unpaired) electrons. The zero-order valence-corrected chi connectivity index (χ0v) is 9.66. The molecule has 0 spiro atoms. The van der Waals surface area contributed by atoms with Crippen LogP contribution < -0.4 is 10.6 Å². The van der Waals surface area contributed by atoms with Crippen LogP contribution in [0, 0.1) is 6.92 Å². The third-order valence-corrected chi connectivity index (χ3v) is 3.33. The first-order valence-electron chi connectivity index (χ1n) is 5.81. The summed E-state index contributed by atoms with van der Waals surface area (Å²) in [6.07, 6.45) is 3.99. The Kier molecular flexibility index (Phi) is 2.85. The number of anilines is 2. The quantitative estimate of drug-likeness (QED) is 0.713. The van der Waals surface area contributed by atoms with Gasteiger partial charge in [-0.15, -0.1) is 0 Å². The number of hydrogen-bond acceptors (Lipinski definition) is 2. The summed E-state index contributed by atoms with van der Waals surface area (Å²) >= 11 is 0. The fourth-order valence-electron chi connectivity index (χ4n) is 2.46. The van der Waals surface area contributed by atoms with Crippen molar-refractivity contribution in [1.29, 1.82) is 0 Å². The van der Waals surface area contributed by atoms with E-state index in [9.17, 15) is 0 Å². The van der Waals surface area contributed by atoms with E-state index in [0.29, 0.717) is 6.04 Å². The average molecular weight is 204 g/mol. The number of rotatable bonds is 1. The van der Waals surface area contributed by atoms with Crippen LogP contribution in [0.4, 0.5) is 11.4 Å². The Labute approximate surface area is 92.1 Å². The summed E-state index contributed by atoms with van der Waals surface area (Å²) in [5.41, 5.74) is 9.29. The van der Waals surface area contributed by atoms with Crippen molar-refractivity contribution in [3.63, 3.8) is 0 Å².